The van der Waals surface area contributed by atoms with Gasteiger partial charge in [0.05, 0.1) is 0 Å². The molecule has 4 heteroatoms. The second-order valence-corrected chi connectivity index (χ2v) is 12.1. The number of rotatable bonds is 2. The van der Waals surface area contributed by atoms with Gasteiger partial charge in [0.2, 0.25) is 0 Å². The molecular weight excluding hydrogens is 408 g/mol. The Kier molecular flexibility index (Phi) is 5.34. The molecule has 1 amide bonds. The fraction of sp³-hybridized carbons (Fsp3) is 0.586. The van der Waals surface area contributed by atoms with Crippen LogP contribution in [0.15, 0.2) is 53.9 Å². The molecule has 2 fully saturated rings. The molecule has 5 atom stereocenters. The van der Waals surface area contributed by atoms with Crippen LogP contribution in [0.25, 0.3) is 5.57 Å². The molecule has 33 heavy (non-hydrogen) atoms. The first-order chi connectivity index (χ1) is 15.6. The highest BCUT2D eigenvalue weighted by Crippen LogP contribution is 2.64. The van der Waals surface area contributed by atoms with E-state index < -0.39 is 0 Å². The van der Waals surface area contributed by atoms with Gasteiger partial charge in [-0.05, 0) is 87.3 Å². The van der Waals surface area contributed by atoms with Gasteiger partial charge in [-0.2, -0.15) is 0 Å². The molecule has 2 saturated carbocycles. The van der Waals surface area contributed by atoms with Gasteiger partial charge in [0, 0.05) is 29.8 Å². The highest BCUT2D eigenvalue weighted by molar-refractivity contribution is 5.78. The van der Waals surface area contributed by atoms with Crippen molar-refractivity contribution in [3.63, 3.8) is 0 Å². The molecule has 0 unspecified atom stereocenters. The van der Waals surface area contributed by atoms with Crippen molar-refractivity contribution in [2.24, 2.45) is 22.7 Å². The predicted molar refractivity (Wildman–Crippen MR) is 132 cm³/mol. The number of fused-ring (bicyclic) bond motifs is 5. The Balaban J connectivity index is 1.33. The topological polar surface area (TPSA) is 51.2 Å². The first-order valence-corrected chi connectivity index (χ1v) is 12.6. The molecule has 1 aromatic rings. The van der Waals surface area contributed by atoms with Gasteiger partial charge in [0.15, 0.2) is 0 Å². The zero-order valence-electron chi connectivity index (χ0n) is 20.8. The minimum absolute atomic E-state index is 0.0124. The summed E-state index contributed by atoms with van der Waals surface area (Å²) in [5.41, 5.74) is 5.90. The fourth-order valence-electron chi connectivity index (χ4n) is 7.16. The van der Waals surface area contributed by atoms with Crippen LogP contribution in [0.5, 0.6) is 0 Å². The zero-order chi connectivity index (χ0) is 23.4. The number of hydrogen-bond acceptors (Lipinski definition) is 3. The number of pyridine rings is 1. The standard InChI is InChI=1S/C29H38N2O2/c1-27(2,3)31-26(32)33-21-12-14-28(4)20(17-21)8-9-22-24-11-10-23(19-7-6-16-30-18-19)29(24,5)15-13-25(22)28/h6-8,10-11,16,18,21-22,25H,9,12-15,17H2,1-5H3,(H,31,32)/t21-,22-,25-,28-,29+/m0/s1. The van der Waals surface area contributed by atoms with Crippen LogP contribution in [-0.2, 0) is 4.74 Å². The Morgan fingerprint density at radius 2 is 2.00 bits per heavy atom. The summed E-state index contributed by atoms with van der Waals surface area (Å²) in [6.07, 6.45) is 17.3. The molecule has 1 aromatic heterocycles. The van der Waals surface area contributed by atoms with E-state index in [1.807, 2.05) is 39.2 Å². The summed E-state index contributed by atoms with van der Waals surface area (Å²) in [5.74, 6) is 1.27. The smallest absolute Gasteiger partial charge is 0.407 e. The van der Waals surface area contributed by atoms with Crippen molar-refractivity contribution >= 4 is 11.7 Å². The molecule has 5 rings (SSSR count). The van der Waals surface area contributed by atoms with Crippen molar-refractivity contribution in [1.82, 2.24) is 10.3 Å². The Hall–Kier alpha value is -2.36. The quantitative estimate of drug-likeness (QED) is 0.505. The summed E-state index contributed by atoms with van der Waals surface area (Å²) in [6.45, 7) is 10.9. The number of nitrogens with zero attached hydrogens (tertiary/aromatic N) is 1. The molecule has 4 nitrogen and oxygen atoms in total. The van der Waals surface area contributed by atoms with E-state index in [-0.39, 0.29) is 28.6 Å². The molecule has 4 aliphatic carbocycles. The Bertz CT molecular complexity index is 1030. The Labute approximate surface area is 198 Å². The van der Waals surface area contributed by atoms with Crippen LogP contribution in [0.2, 0.25) is 0 Å². The maximum absolute atomic E-state index is 12.3. The van der Waals surface area contributed by atoms with Crippen molar-refractivity contribution < 1.29 is 9.53 Å². The zero-order valence-corrected chi connectivity index (χ0v) is 20.8. The number of allylic oxidation sites excluding steroid dienone is 5. The average molecular weight is 447 g/mol. The van der Waals surface area contributed by atoms with Crippen LogP contribution in [0.3, 0.4) is 0 Å². The van der Waals surface area contributed by atoms with E-state index in [0.717, 1.165) is 25.7 Å². The predicted octanol–water partition coefficient (Wildman–Crippen LogP) is 6.85. The monoisotopic (exact) mass is 446 g/mol. The highest BCUT2D eigenvalue weighted by atomic mass is 16.6. The Morgan fingerprint density at radius 3 is 2.73 bits per heavy atom. The van der Waals surface area contributed by atoms with Gasteiger partial charge < -0.3 is 10.1 Å². The van der Waals surface area contributed by atoms with E-state index in [1.54, 1.807) is 5.57 Å². The van der Waals surface area contributed by atoms with Gasteiger partial charge in [-0.3, -0.25) is 4.98 Å². The van der Waals surface area contributed by atoms with Crippen molar-refractivity contribution in [3.8, 4) is 0 Å². The maximum atomic E-state index is 12.3. The molecule has 0 spiro atoms. The first-order valence-electron chi connectivity index (χ1n) is 12.6. The van der Waals surface area contributed by atoms with E-state index in [9.17, 15) is 4.79 Å². The third-order valence-electron chi connectivity index (χ3n) is 8.83. The number of hydrogen-bond donors (Lipinski definition) is 1. The number of carbonyl (C=O) groups is 1. The van der Waals surface area contributed by atoms with Crippen molar-refractivity contribution in [1.29, 1.82) is 0 Å². The van der Waals surface area contributed by atoms with Gasteiger partial charge in [-0.15, -0.1) is 0 Å². The molecule has 0 saturated heterocycles. The van der Waals surface area contributed by atoms with Crippen LogP contribution in [-0.4, -0.2) is 22.7 Å². The third kappa shape index (κ3) is 3.86. The summed E-state index contributed by atoms with van der Waals surface area (Å²) in [5, 5.41) is 2.94. The summed E-state index contributed by atoms with van der Waals surface area (Å²) >= 11 is 0. The van der Waals surface area contributed by atoms with Gasteiger partial charge in [0.25, 0.3) is 0 Å². The summed E-state index contributed by atoms with van der Waals surface area (Å²) in [6, 6.07) is 4.24. The van der Waals surface area contributed by atoms with Gasteiger partial charge in [-0.1, -0.05) is 49.3 Å². The number of carbonyl (C=O) groups excluding carboxylic acids is 1. The average Bonchev–Trinajstić information content (AvgIpc) is 3.10. The normalized spacial score (nSPS) is 35.3. The number of alkyl carbamates (subject to hydrolysis) is 1. The number of amides is 1. The van der Waals surface area contributed by atoms with Crippen LogP contribution in [0, 0.1) is 22.7 Å². The van der Waals surface area contributed by atoms with E-state index in [2.05, 4.69) is 48.4 Å². The molecule has 0 bridgehead atoms. The summed E-state index contributed by atoms with van der Waals surface area (Å²) in [4.78, 5) is 16.7. The fourth-order valence-corrected chi connectivity index (χ4v) is 7.16. The lowest BCUT2D eigenvalue weighted by molar-refractivity contribution is 0.0230. The van der Waals surface area contributed by atoms with Gasteiger partial charge in [-0.25, -0.2) is 4.79 Å². The number of aromatic nitrogens is 1. The lowest BCUT2D eigenvalue weighted by Gasteiger charge is -2.56. The lowest BCUT2D eigenvalue weighted by Crippen LogP contribution is -2.48. The maximum Gasteiger partial charge on any atom is 0.407 e. The second-order valence-electron chi connectivity index (χ2n) is 12.1. The Morgan fingerprint density at radius 1 is 1.18 bits per heavy atom. The van der Waals surface area contributed by atoms with Gasteiger partial charge in [0.1, 0.15) is 6.10 Å². The first kappa shape index (κ1) is 22.4. The summed E-state index contributed by atoms with van der Waals surface area (Å²) in [7, 11) is 0. The summed E-state index contributed by atoms with van der Waals surface area (Å²) < 4.78 is 5.83. The van der Waals surface area contributed by atoms with E-state index in [0.29, 0.717) is 11.8 Å². The minimum atomic E-state index is -0.288. The molecule has 0 aliphatic heterocycles. The molecule has 0 radical (unpaired) electrons. The van der Waals surface area contributed by atoms with E-state index in [4.69, 9.17) is 4.74 Å². The van der Waals surface area contributed by atoms with Gasteiger partial charge >= 0.3 is 6.09 Å². The lowest BCUT2D eigenvalue weighted by atomic mass is 9.49. The molecule has 4 aliphatic rings. The SMILES string of the molecule is CC(C)(C)NC(=O)O[C@H]1CC[C@@]2(C)C(=CC[C@H]3C4=CC=C(c5cccnc5)[C@@]4(C)CC[C@@H]32)C1. The van der Waals surface area contributed by atoms with Crippen molar-refractivity contribution in [2.75, 3.05) is 0 Å². The van der Waals surface area contributed by atoms with E-state index >= 15 is 0 Å². The molecular formula is C29H38N2O2. The largest absolute Gasteiger partial charge is 0.446 e. The minimum Gasteiger partial charge on any atom is -0.446 e. The third-order valence-corrected chi connectivity index (χ3v) is 8.83. The second kappa shape index (κ2) is 7.85. The van der Waals surface area contributed by atoms with Crippen LogP contribution < -0.4 is 5.32 Å². The molecule has 1 heterocycles. The van der Waals surface area contributed by atoms with Crippen molar-refractivity contribution in [3.05, 3.63) is 59.5 Å². The number of nitrogens with one attached hydrogen (secondary N) is 1. The number of ether oxygens (including phenoxy) is 1. The highest BCUT2D eigenvalue weighted by Gasteiger charge is 2.54. The van der Waals surface area contributed by atoms with Crippen LogP contribution in [0.4, 0.5) is 4.79 Å². The molecule has 176 valence electrons. The van der Waals surface area contributed by atoms with Crippen LogP contribution >= 0.6 is 0 Å². The van der Waals surface area contributed by atoms with Crippen molar-refractivity contribution in [2.45, 2.75) is 84.8 Å². The molecule has 0 aromatic carbocycles. The molecule has 1 N–H and O–H groups in total. The van der Waals surface area contributed by atoms with Crippen LogP contribution in [0.1, 0.15) is 78.7 Å². The van der Waals surface area contributed by atoms with E-state index in [1.165, 1.54) is 29.6 Å².